The third kappa shape index (κ3) is 7.21. The lowest BCUT2D eigenvalue weighted by atomic mass is 10.4. The molecule has 2 heteroatoms. The molecule has 0 amide bonds. The third-order valence-electron chi connectivity index (χ3n) is 1.01. The van der Waals surface area contributed by atoms with E-state index in [-0.39, 0.29) is 5.78 Å². The van der Waals surface area contributed by atoms with Gasteiger partial charge in [-0.1, -0.05) is 13.3 Å². The fraction of sp³-hybridized carbons (Fsp3) is 0.625. The maximum Gasteiger partial charge on any atom is 0.155 e. The highest BCUT2D eigenvalue weighted by atomic mass is 16.5. The lowest BCUT2D eigenvalue weighted by molar-refractivity contribution is -0.112. The van der Waals surface area contributed by atoms with Crippen LogP contribution in [0.25, 0.3) is 0 Å². The quantitative estimate of drug-likeness (QED) is 0.333. The van der Waals surface area contributed by atoms with Gasteiger partial charge in [-0.15, -0.1) is 0 Å². The summed E-state index contributed by atoms with van der Waals surface area (Å²) in [5.74, 6) is 0.0245. The number of carbonyl (C=O) groups is 1. The van der Waals surface area contributed by atoms with Crippen molar-refractivity contribution in [3.8, 4) is 0 Å². The predicted octanol–water partition coefficient (Wildman–Crippen LogP) is 1.91. The van der Waals surface area contributed by atoms with E-state index in [1.807, 2.05) is 0 Å². The Hall–Kier alpha value is -0.790. The summed E-state index contributed by atoms with van der Waals surface area (Å²) in [5.41, 5.74) is 0. The number of ketones is 1. The molecule has 10 heavy (non-hydrogen) atoms. The van der Waals surface area contributed by atoms with Crippen molar-refractivity contribution in [2.45, 2.75) is 26.7 Å². The van der Waals surface area contributed by atoms with Gasteiger partial charge in [-0.25, -0.2) is 0 Å². The zero-order valence-corrected chi connectivity index (χ0v) is 6.59. The van der Waals surface area contributed by atoms with E-state index in [1.54, 1.807) is 0 Å². The summed E-state index contributed by atoms with van der Waals surface area (Å²) in [5, 5.41) is 0. The van der Waals surface area contributed by atoms with Crippen LogP contribution in [0.5, 0.6) is 0 Å². The minimum absolute atomic E-state index is 0.0245. The summed E-state index contributed by atoms with van der Waals surface area (Å²) >= 11 is 0. The fourth-order valence-corrected chi connectivity index (χ4v) is 0.440. The van der Waals surface area contributed by atoms with Crippen molar-refractivity contribution in [3.05, 3.63) is 12.3 Å². The molecule has 0 rings (SSSR count). The van der Waals surface area contributed by atoms with Crippen molar-refractivity contribution in [1.29, 1.82) is 0 Å². The van der Waals surface area contributed by atoms with E-state index >= 15 is 0 Å². The molecule has 0 fully saturated rings. The number of carbonyl (C=O) groups excluding carboxylic acids is 1. The number of ether oxygens (including phenoxy) is 1. The minimum atomic E-state index is 0.0245. The summed E-state index contributed by atoms with van der Waals surface area (Å²) in [6.07, 6.45) is 5.05. The lowest BCUT2D eigenvalue weighted by Gasteiger charge is -1.95. The zero-order chi connectivity index (χ0) is 7.82. The molecule has 0 aliphatic heterocycles. The first-order chi connectivity index (χ1) is 4.77. The van der Waals surface area contributed by atoms with E-state index in [4.69, 9.17) is 4.74 Å². The van der Waals surface area contributed by atoms with Gasteiger partial charge in [0, 0.05) is 6.08 Å². The largest absolute Gasteiger partial charge is 0.501 e. The molecule has 0 N–H and O–H groups in total. The van der Waals surface area contributed by atoms with E-state index in [9.17, 15) is 4.79 Å². The monoisotopic (exact) mass is 142 g/mol. The molecule has 0 aliphatic rings. The van der Waals surface area contributed by atoms with Crippen LogP contribution in [0.15, 0.2) is 12.3 Å². The Balaban J connectivity index is 3.10. The van der Waals surface area contributed by atoms with Gasteiger partial charge in [-0.3, -0.25) is 4.79 Å². The van der Waals surface area contributed by atoms with Crippen molar-refractivity contribution in [2.75, 3.05) is 6.61 Å². The van der Waals surface area contributed by atoms with Crippen LogP contribution in [0.2, 0.25) is 0 Å². The van der Waals surface area contributed by atoms with Crippen LogP contribution in [0.4, 0.5) is 0 Å². The van der Waals surface area contributed by atoms with Crippen LogP contribution in [0.1, 0.15) is 26.7 Å². The van der Waals surface area contributed by atoms with Gasteiger partial charge in [0.15, 0.2) is 5.78 Å². The van der Waals surface area contributed by atoms with Gasteiger partial charge in [0.05, 0.1) is 12.9 Å². The second-order valence-corrected chi connectivity index (χ2v) is 2.14. The normalized spacial score (nSPS) is 10.2. The SMILES string of the molecule is CCCCO/C=C/C(C)=O. The number of hydrogen-bond donors (Lipinski definition) is 0. The number of unbranched alkanes of at least 4 members (excludes halogenated alkanes) is 1. The van der Waals surface area contributed by atoms with E-state index < -0.39 is 0 Å². The van der Waals surface area contributed by atoms with Gasteiger partial charge in [0.2, 0.25) is 0 Å². The van der Waals surface area contributed by atoms with Crippen LogP contribution in [-0.4, -0.2) is 12.4 Å². The van der Waals surface area contributed by atoms with Crippen LogP contribution in [0.3, 0.4) is 0 Å². The highest BCUT2D eigenvalue weighted by molar-refractivity contribution is 5.86. The fourth-order valence-electron chi connectivity index (χ4n) is 0.440. The van der Waals surface area contributed by atoms with Crippen LogP contribution in [-0.2, 0) is 9.53 Å². The van der Waals surface area contributed by atoms with Crippen molar-refractivity contribution in [1.82, 2.24) is 0 Å². The zero-order valence-electron chi connectivity index (χ0n) is 6.59. The first-order valence-electron chi connectivity index (χ1n) is 3.56. The molecule has 0 radical (unpaired) electrons. The Labute approximate surface area is 61.9 Å². The lowest BCUT2D eigenvalue weighted by Crippen LogP contribution is -1.87. The van der Waals surface area contributed by atoms with E-state index in [0.717, 1.165) is 12.8 Å². The van der Waals surface area contributed by atoms with E-state index in [2.05, 4.69) is 6.92 Å². The molecule has 0 bridgehead atoms. The van der Waals surface area contributed by atoms with Gasteiger partial charge >= 0.3 is 0 Å². The average molecular weight is 142 g/mol. The van der Waals surface area contributed by atoms with Gasteiger partial charge in [-0.2, -0.15) is 0 Å². The Kier molecular flexibility index (Phi) is 5.83. The Morgan fingerprint density at radius 2 is 2.30 bits per heavy atom. The van der Waals surface area contributed by atoms with Crippen LogP contribution >= 0.6 is 0 Å². The molecular formula is C8H14O2. The number of hydrogen-bond acceptors (Lipinski definition) is 2. The summed E-state index contributed by atoms with van der Waals surface area (Å²) in [6, 6.07) is 0. The van der Waals surface area contributed by atoms with E-state index in [0.29, 0.717) is 6.61 Å². The molecule has 58 valence electrons. The Bertz CT molecular complexity index is 116. The number of allylic oxidation sites excluding steroid dienone is 1. The molecule has 0 saturated carbocycles. The molecule has 2 nitrogen and oxygen atoms in total. The number of rotatable bonds is 5. The molecule has 0 aromatic rings. The van der Waals surface area contributed by atoms with Crippen LogP contribution < -0.4 is 0 Å². The summed E-state index contributed by atoms with van der Waals surface area (Å²) < 4.78 is 4.98. The van der Waals surface area contributed by atoms with Gasteiger partial charge < -0.3 is 4.74 Å². The molecule has 0 heterocycles. The first-order valence-corrected chi connectivity index (χ1v) is 3.56. The summed E-state index contributed by atoms with van der Waals surface area (Å²) in [6.45, 7) is 4.30. The van der Waals surface area contributed by atoms with Crippen molar-refractivity contribution >= 4 is 5.78 Å². The Morgan fingerprint density at radius 1 is 1.60 bits per heavy atom. The molecule has 0 aromatic carbocycles. The topological polar surface area (TPSA) is 26.3 Å². The first kappa shape index (κ1) is 9.21. The van der Waals surface area contributed by atoms with Gasteiger partial charge in [0.25, 0.3) is 0 Å². The molecule has 0 spiro atoms. The maximum atomic E-state index is 10.3. The second kappa shape index (κ2) is 6.33. The molecular weight excluding hydrogens is 128 g/mol. The minimum Gasteiger partial charge on any atom is -0.501 e. The molecule has 0 saturated heterocycles. The smallest absolute Gasteiger partial charge is 0.155 e. The van der Waals surface area contributed by atoms with Crippen LogP contribution in [0, 0.1) is 0 Å². The maximum absolute atomic E-state index is 10.3. The molecule has 0 aliphatic carbocycles. The van der Waals surface area contributed by atoms with Crippen molar-refractivity contribution in [3.63, 3.8) is 0 Å². The second-order valence-electron chi connectivity index (χ2n) is 2.14. The summed E-state index contributed by atoms with van der Waals surface area (Å²) in [7, 11) is 0. The molecule has 0 unspecified atom stereocenters. The highest BCUT2D eigenvalue weighted by Crippen LogP contribution is 1.88. The van der Waals surface area contributed by atoms with E-state index in [1.165, 1.54) is 19.3 Å². The summed E-state index contributed by atoms with van der Waals surface area (Å²) in [4.78, 5) is 10.3. The van der Waals surface area contributed by atoms with Gasteiger partial charge in [0.1, 0.15) is 0 Å². The standard InChI is InChI=1S/C8H14O2/c1-3-4-6-10-7-5-8(2)9/h5,7H,3-4,6H2,1-2H3/b7-5+. The molecule has 0 aromatic heterocycles. The highest BCUT2D eigenvalue weighted by Gasteiger charge is 1.82. The Morgan fingerprint density at radius 3 is 2.80 bits per heavy atom. The average Bonchev–Trinajstić information content (AvgIpc) is 1.87. The van der Waals surface area contributed by atoms with Crippen molar-refractivity contribution < 1.29 is 9.53 Å². The van der Waals surface area contributed by atoms with Crippen molar-refractivity contribution in [2.24, 2.45) is 0 Å². The van der Waals surface area contributed by atoms with Gasteiger partial charge in [-0.05, 0) is 13.3 Å². The molecule has 0 atom stereocenters. The third-order valence-corrected chi connectivity index (χ3v) is 1.01. The predicted molar refractivity (Wildman–Crippen MR) is 40.7 cm³/mol.